The van der Waals surface area contributed by atoms with Crippen molar-refractivity contribution in [2.24, 2.45) is 5.41 Å². The second-order valence-corrected chi connectivity index (χ2v) is 7.15. The molecule has 0 unspecified atom stereocenters. The van der Waals surface area contributed by atoms with Crippen LogP contribution in [0.5, 0.6) is 5.75 Å². The number of carbonyl (C=O) groups excluding carboxylic acids is 2. The Morgan fingerprint density at radius 2 is 1.70 bits per heavy atom. The lowest BCUT2D eigenvalue weighted by Crippen LogP contribution is -2.46. The third-order valence-electron chi connectivity index (χ3n) is 5.29. The summed E-state index contributed by atoms with van der Waals surface area (Å²) in [5.41, 5.74) is 0.265. The summed E-state index contributed by atoms with van der Waals surface area (Å²) in [5, 5.41) is 5.86. The van der Waals surface area contributed by atoms with Crippen LogP contribution in [-0.2, 0) is 20.7 Å². The van der Waals surface area contributed by atoms with E-state index in [1.807, 2.05) is 24.3 Å². The van der Waals surface area contributed by atoms with Crippen molar-refractivity contribution in [1.29, 1.82) is 0 Å². The Morgan fingerprint density at radius 1 is 1.07 bits per heavy atom. The Bertz CT molecular complexity index is 637. The molecule has 2 amide bonds. The fourth-order valence-corrected chi connectivity index (χ4v) is 3.29. The van der Waals surface area contributed by atoms with Gasteiger partial charge in [0.05, 0.1) is 20.3 Å². The Balaban J connectivity index is 1.38. The summed E-state index contributed by atoms with van der Waals surface area (Å²) in [5.74, 6) is 0.520. The number of nitrogens with zero attached hydrogens (tertiary/aromatic N) is 1. The lowest BCUT2D eigenvalue weighted by molar-refractivity contribution is -0.137. The van der Waals surface area contributed by atoms with Crippen LogP contribution in [0.1, 0.15) is 18.4 Å². The van der Waals surface area contributed by atoms with E-state index in [2.05, 4.69) is 15.5 Å². The standard InChI is InChI=1S/C20H29N3O4/c1-26-17-4-2-16(3-5-17)6-9-21-18(24)20(7-8-20)19(25)22-10-11-23-12-14-27-15-13-23/h2-5H,6-15H2,1H3,(H,21,24)(H,22,25). The fraction of sp³-hybridized carbons (Fsp3) is 0.600. The molecular weight excluding hydrogens is 346 g/mol. The smallest absolute Gasteiger partial charge is 0.235 e. The van der Waals surface area contributed by atoms with Gasteiger partial charge in [-0.3, -0.25) is 14.5 Å². The van der Waals surface area contributed by atoms with Crippen LogP contribution < -0.4 is 15.4 Å². The third-order valence-corrected chi connectivity index (χ3v) is 5.29. The van der Waals surface area contributed by atoms with Crippen LogP contribution in [0.3, 0.4) is 0 Å². The molecule has 0 atom stereocenters. The lowest BCUT2D eigenvalue weighted by Gasteiger charge is -2.26. The van der Waals surface area contributed by atoms with Crippen molar-refractivity contribution in [3.63, 3.8) is 0 Å². The van der Waals surface area contributed by atoms with Gasteiger partial charge in [0.15, 0.2) is 0 Å². The van der Waals surface area contributed by atoms with E-state index in [-0.39, 0.29) is 11.8 Å². The van der Waals surface area contributed by atoms with E-state index in [0.29, 0.717) is 25.9 Å². The second-order valence-electron chi connectivity index (χ2n) is 7.15. The number of rotatable bonds is 9. The zero-order valence-electron chi connectivity index (χ0n) is 16.0. The van der Waals surface area contributed by atoms with E-state index >= 15 is 0 Å². The van der Waals surface area contributed by atoms with Gasteiger partial charge in [0.1, 0.15) is 11.2 Å². The highest BCUT2D eigenvalue weighted by atomic mass is 16.5. The molecule has 2 aliphatic rings. The zero-order valence-corrected chi connectivity index (χ0v) is 16.0. The molecule has 0 bridgehead atoms. The maximum atomic E-state index is 12.5. The zero-order chi connectivity index (χ0) is 19.1. The van der Waals surface area contributed by atoms with Gasteiger partial charge in [0.2, 0.25) is 11.8 Å². The normalized spacial score (nSPS) is 18.6. The molecule has 7 heteroatoms. The fourth-order valence-electron chi connectivity index (χ4n) is 3.29. The molecule has 0 aromatic heterocycles. The highest BCUT2D eigenvalue weighted by Crippen LogP contribution is 2.46. The molecule has 7 nitrogen and oxygen atoms in total. The number of morpholine rings is 1. The Morgan fingerprint density at radius 3 is 2.30 bits per heavy atom. The number of hydrogen-bond acceptors (Lipinski definition) is 5. The van der Waals surface area contributed by atoms with Gasteiger partial charge in [-0.1, -0.05) is 12.1 Å². The predicted molar refractivity (Wildman–Crippen MR) is 102 cm³/mol. The van der Waals surface area contributed by atoms with E-state index in [1.54, 1.807) is 7.11 Å². The number of ether oxygens (including phenoxy) is 2. The number of hydrogen-bond donors (Lipinski definition) is 2. The van der Waals surface area contributed by atoms with Crippen LogP contribution in [0, 0.1) is 5.41 Å². The first-order chi connectivity index (χ1) is 13.1. The minimum atomic E-state index is -0.856. The van der Waals surface area contributed by atoms with E-state index in [9.17, 15) is 9.59 Å². The molecule has 2 fully saturated rings. The van der Waals surface area contributed by atoms with Crippen LogP contribution in [0.25, 0.3) is 0 Å². The molecule has 1 saturated carbocycles. The van der Waals surface area contributed by atoms with Crippen LogP contribution in [0.4, 0.5) is 0 Å². The summed E-state index contributed by atoms with van der Waals surface area (Å²) in [4.78, 5) is 27.3. The first-order valence-corrected chi connectivity index (χ1v) is 9.64. The molecule has 1 aromatic carbocycles. The van der Waals surface area contributed by atoms with Crippen molar-refractivity contribution in [1.82, 2.24) is 15.5 Å². The quantitative estimate of drug-likeness (QED) is 0.618. The van der Waals surface area contributed by atoms with Gasteiger partial charge in [-0.25, -0.2) is 0 Å². The number of amides is 2. The molecule has 3 rings (SSSR count). The lowest BCUT2D eigenvalue weighted by atomic mass is 10.0. The van der Waals surface area contributed by atoms with Crippen molar-refractivity contribution in [3.05, 3.63) is 29.8 Å². The highest BCUT2D eigenvalue weighted by Gasteiger charge is 2.56. The van der Waals surface area contributed by atoms with E-state index in [0.717, 1.165) is 50.6 Å². The van der Waals surface area contributed by atoms with Crippen LogP contribution in [-0.4, -0.2) is 69.8 Å². The second kappa shape index (κ2) is 9.19. The van der Waals surface area contributed by atoms with Crippen molar-refractivity contribution in [3.8, 4) is 5.75 Å². The predicted octanol–water partition coefficient (Wildman–Crippen LogP) is 0.583. The maximum absolute atomic E-state index is 12.5. The summed E-state index contributed by atoms with van der Waals surface area (Å²) >= 11 is 0. The van der Waals surface area contributed by atoms with E-state index in [4.69, 9.17) is 9.47 Å². The molecule has 2 N–H and O–H groups in total. The largest absolute Gasteiger partial charge is 0.497 e. The molecule has 148 valence electrons. The van der Waals surface area contributed by atoms with Gasteiger partial charge in [0.25, 0.3) is 0 Å². The molecule has 1 heterocycles. The summed E-state index contributed by atoms with van der Waals surface area (Å²) < 4.78 is 10.5. The number of carbonyl (C=O) groups is 2. The van der Waals surface area contributed by atoms with Gasteiger partial charge in [-0.2, -0.15) is 0 Å². The summed E-state index contributed by atoms with van der Waals surface area (Å²) in [6, 6.07) is 7.77. The topological polar surface area (TPSA) is 79.9 Å². The maximum Gasteiger partial charge on any atom is 0.235 e. The molecule has 1 aliphatic heterocycles. The van der Waals surface area contributed by atoms with Gasteiger partial charge in [-0.05, 0) is 37.0 Å². The van der Waals surface area contributed by atoms with Crippen molar-refractivity contribution in [2.75, 3.05) is 53.0 Å². The van der Waals surface area contributed by atoms with Crippen LogP contribution in [0.15, 0.2) is 24.3 Å². The molecule has 0 spiro atoms. The van der Waals surface area contributed by atoms with Gasteiger partial charge >= 0.3 is 0 Å². The SMILES string of the molecule is COc1ccc(CCNC(=O)C2(C(=O)NCCN3CCOCC3)CC2)cc1. The molecule has 1 saturated heterocycles. The first-order valence-electron chi connectivity index (χ1n) is 9.64. The van der Waals surface area contributed by atoms with Crippen molar-refractivity contribution >= 4 is 11.8 Å². The Kier molecular flexibility index (Phi) is 6.68. The summed E-state index contributed by atoms with van der Waals surface area (Å²) in [7, 11) is 1.64. The highest BCUT2D eigenvalue weighted by molar-refractivity contribution is 6.07. The Labute approximate surface area is 160 Å². The average Bonchev–Trinajstić information content (AvgIpc) is 3.51. The molecular formula is C20H29N3O4. The average molecular weight is 375 g/mol. The van der Waals surface area contributed by atoms with Crippen LogP contribution >= 0.6 is 0 Å². The molecule has 27 heavy (non-hydrogen) atoms. The minimum Gasteiger partial charge on any atom is -0.497 e. The van der Waals surface area contributed by atoms with Gasteiger partial charge in [0, 0.05) is 32.7 Å². The van der Waals surface area contributed by atoms with Gasteiger partial charge < -0.3 is 20.1 Å². The number of nitrogens with one attached hydrogen (secondary N) is 2. The minimum absolute atomic E-state index is 0.141. The molecule has 1 aromatic rings. The van der Waals surface area contributed by atoms with E-state index < -0.39 is 5.41 Å². The van der Waals surface area contributed by atoms with Crippen molar-refractivity contribution in [2.45, 2.75) is 19.3 Å². The van der Waals surface area contributed by atoms with Crippen LogP contribution in [0.2, 0.25) is 0 Å². The van der Waals surface area contributed by atoms with E-state index in [1.165, 1.54) is 0 Å². The number of methoxy groups -OCH3 is 1. The molecule has 0 radical (unpaired) electrons. The van der Waals surface area contributed by atoms with Gasteiger partial charge in [-0.15, -0.1) is 0 Å². The summed E-state index contributed by atoms with van der Waals surface area (Å²) in [6.07, 6.45) is 1.99. The Hall–Kier alpha value is -2.12. The number of benzene rings is 1. The first kappa shape index (κ1) is 19.6. The summed E-state index contributed by atoms with van der Waals surface area (Å²) in [6.45, 7) is 5.17. The third kappa shape index (κ3) is 5.20. The molecule has 1 aliphatic carbocycles. The van der Waals surface area contributed by atoms with Crippen molar-refractivity contribution < 1.29 is 19.1 Å². The monoisotopic (exact) mass is 375 g/mol.